The Morgan fingerprint density at radius 2 is 1.82 bits per heavy atom. The Hall–Kier alpha value is -1.66. The SMILES string of the molecule is CN([O-])ON([O-])c1ccc2c(c1)N([O-])ON2[O-]. The van der Waals surface area contributed by atoms with E-state index in [0.29, 0.717) is 0 Å². The van der Waals surface area contributed by atoms with Gasteiger partial charge in [-0.25, -0.2) is 10.2 Å². The molecule has 1 aromatic rings. The third-order valence-electron chi connectivity index (χ3n) is 1.90. The third-order valence-corrected chi connectivity index (χ3v) is 1.90. The number of nitrogens with zero attached hydrogens (tertiary/aromatic N) is 4. The van der Waals surface area contributed by atoms with Crippen molar-refractivity contribution in [2.45, 2.75) is 0 Å². The van der Waals surface area contributed by atoms with Crippen molar-refractivity contribution < 1.29 is 9.88 Å². The van der Waals surface area contributed by atoms with Crippen LogP contribution in [0, 0.1) is 20.8 Å². The molecular weight excluding hydrogens is 236 g/mol. The molecule has 0 amide bonds. The fraction of sp³-hybridized carbons (Fsp3) is 0.143. The molecule has 0 bridgehead atoms. The summed E-state index contributed by atoms with van der Waals surface area (Å²) in [4.78, 5) is 8.33. The summed E-state index contributed by atoms with van der Waals surface area (Å²) in [6, 6.07) is 3.44. The fourth-order valence-electron chi connectivity index (χ4n) is 1.23. The van der Waals surface area contributed by atoms with E-state index in [1.807, 2.05) is 0 Å². The minimum atomic E-state index is -0.157. The van der Waals surface area contributed by atoms with E-state index in [0.717, 1.165) is 13.1 Å². The molecule has 2 rings (SSSR count). The molecule has 0 aliphatic carbocycles. The van der Waals surface area contributed by atoms with Crippen LogP contribution < -0.4 is 15.7 Å². The Balaban J connectivity index is 2.25. The maximum atomic E-state index is 11.2. The predicted octanol–water partition coefficient (Wildman–Crippen LogP) is 0.736. The summed E-state index contributed by atoms with van der Waals surface area (Å²) >= 11 is 0. The van der Waals surface area contributed by atoms with Gasteiger partial charge in [-0.3, -0.25) is 15.7 Å². The van der Waals surface area contributed by atoms with Crippen molar-refractivity contribution in [3.63, 3.8) is 0 Å². The molecule has 0 atom stereocenters. The van der Waals surface area contributed by atoms with Gasteiger partial charge in [0.05, 0.1) is 17.1 Å². The lowest BCUT2D eigenvalue weighted by atomic mass is 10.2. The minimum Gasteiger partial charge on any atom is -0.761 e. The average Bonchev–Trinajstić information content (AvgIpc) is 2.53. The molecule has 0 saturated heterocycles. The van der Waals surface area contributed by atoms with E-state index in [2.05, 4.69) is 9.88 Å². The van der Waals surface area contributed by atoms with E-state index in [9.17, 15) is 20.8 Å². The van der Waals surface area contributed by atoms with Crippen LogP contribution in [0.3, 0.4) is 0 Å². The number of hydroxylamine groups is 2. The topological polar surface area (TPSA) is 124 Å². The summed E-state index contributed by atoms with van der Waals surface area (Å²) in [6.45, 7) is 0. The zero-order chi connectivity index (χ0) is 12.6. The molecule has 1 aliphatic rings. The summed E-state index contributed by atoms with van der Waals surface area (Å²) in [7, 11) is 0.973. The largest absolute Gasteiger partial charge is 0.761 e. The first kappa shape index (κ1) is 11.8. The molecule has 0 fully saturated rings. The molecule has 94 valence electrons. The summed E-state index contributed by atoms with van der Waals surface area (Å²) in [5, 5.41) is 43.6. The summed E-state index contributed by atoms with van der Waals surface area (Å²) in [6.07, 6.45) is 0. The van der Waals surface area contributed by atoms with Crippen molar-refractivity contribution >= 4 is 17.1 Å². The molecule has 0 radical (unpaired) electrons. The second kappa shape index (κ2) is 4.31. The number of hydrogen-bond acceptors (Lipinski definition) is 10. The second-order valence-electron chi connectivity index (χ2n) is 3.05. The highest BCUT2D eigenvalue weighted by Crippen LogP contribution is 2.38. The molecule has 1 aliphatic heterocycles. The first-order valence-corrected chi connectivity index (χ1v) is 4.32. The maximum Gasteiger partial charge on any atom is 0.0805 e. The van der Waals surface area contributed by atoms with Gasteiger partial charge in [-0.15, -0.1) is 0 Å². The van der Waals surface area contributed by atoms with Crippen LogP contribution in [-0.4, -0.2) is 12.3 Å². The smallest absolute Gasteiger partial charge is 0.0805 e. The van der Waals surface area contributed by atoms with E-state index in [4.69, 9.17) is 0 Å². The van der Waals surface area contributed by atoms with E-state index in [-0.39, 0.29) is 38.0 Å². The van der Waals surface area contributed by atoms with E-state index in [1.165, 1.54) is 12.1 Å². The van der Waals surface area contributed by atoms with E-state index < -0.39 is 0 Å². The summed E-state index contributed by atoms with van der Waals surface area (Å²) < 4.78 is 0. The second-order valence-corrected chi connectivity index (χ2v) is 3.05. The molecule has 17 heavy (non-hydrogen) atoms. The van der Waals surface area contributed by atoms with Crippen LogP contribution in [0.4, 0.5) is 17.1 Å². The lowest BCUT2D eigenvalue weighted by Crippen LogP contribution is -2.24. The Morgan fingerprint density at radius 3 is 2.47 bits per heavy atom. The van der Waals surface area contributed by atoms with Gasteiger partial charge >= 0.3 is 0 Å². The van der Waals surface area contributed by atoms with Gasteiger partial charge in [0.2, 0.25) is 0 Å². The Kier molecular flexibility index (Phi) is 2.99. The molecular formula is C7H6N4O6-4. The van der Waals surface area contributed by atoms with Crippen molar-refractivity contribution in [2.24, 2.45) is 0 Å². The van der Waals surface area contributed by atoms with Gasteiger partial charge in [0.15, 0.2) is 0 Å². The number of rotatable bonds is 3. The molecule has 0 saturated carbocycles. The number of fused-ring (bicyclic) bond motifs is 1. The lowest BCUT2D eigenvalue weighted by Gasteiger charge is -2.35. The molecule has 0 N–H and O–H groups in total. The lowest BCUT2D eigenvalue weighted by molar-refractivity contribution is -0.103. The zero-order valence-electron chi connectivity index (χ0n) is 8.47. The van der Waals surface area contributed by atoms with Crippen LogP contribution in [0.5, 0.6) is 0 Å². The molecule has 1 heterocycles. The van der Waals surface area contributed by atoms with Crippen molar-refractivity contribution in [3.8, 4) is 0 Å². The van der Waals surface area contributed by atoms with Gasteiger partial charge in [0.1, 0.15) is 0 Å². The monoisotopic (exact) mass is 242 g/mol. The molecule has 0 unspecified atom stereocenters. The number of benzene rings is 1. The minimum absolute atomic E-state index is 0.00182. The zero-order valence-corrected chi connectivity index (χ0v) is 8.47. The standard InChI is InChI=1S/C7H6N4O6/c1-8(12)16-9(13)5-2-3-6-7(4-5)11(15)17-10(6)14/h2-4H,1H3/q-4. The van der Waals surface area contributed by atoms with Gasteiger partial charge in [-0.05, 0) is 18.2 Å². The average molecular weight is 242 g/mol. The molecule has 10 heteroatoms. The Morgan fingerprint density at radius 1 is 1.18 bits per heavy atom. The molecule has 1 aromatic carbocycles. The van der Waals surface area contributed by atoms with Crippen LogP contribution in [0.2, 0.25) is 0 Å². The normalized spacial score (nSPS) is 14.5. The van der Waals surface area contributed by atoms with Gasteiger partial charge < -0.3 is 20.8 Å². The van der Waals surface area contributed by atoms with Crippen LogP contribution >= 0.6 is 0 Å². The highest BCUT2D eigenvalue weighted by molar-refractivity contribution is 5.77. The van der Waals surface area contributed by atoms with Crippen molar-refractivity contribution in [3.05, 3.63) is 39.0 Å². The summed E-state index contributed by atoms with van der Waals surface area (Å²) in [5.74, 6) is 0. The van der Waals surface area contributed by atoms with Crippen molar-refractivity contribution in [1.29, 1.82) is 0 Å². The molecule has 0 spiro atoms. The first-order valence-electron chi connectivity index (χ1n) is 4.32. The van der Waals surface area contributed by atoms with E-state index in [1.54, 1.807) is 0 Å². The highest BCUT2D eigenvalue weighted by atomic mass is 17.1. The van der Waals surface area contributed by atoms with Crippen molar-refractivity contribution in [2.75, 3.05) is 22.7 Å². The van der Waals surface area contributed by atoms with Gasteiger partial charge in [0, 0.05) is 7.05 Å². The first-order chi connectivity index (χ1) is 7.99. The van der Waals surface area contributed by atoms with Crippen molar-refractivity contribution in [1.82, 2.24) is 5.23 Å². The molecule has 0 aromatic heterocycles. The van der Waals surface area contributed by atoms with Crippen LogP contribution in [0.15, 0.2) is 18.2 Å². The van der Waals surface area contributed by atoms with Crippen LogP contribution in [0.1, 0.15) is 0 Å². The third kappa shape index (κ3) is 2.22. The maximum absolute atomic E-state index is 11.2. The van der Waals surface area contributed by atoms with Gasteiger partial charge in [-0.1, -0.05) is 0 Å². The highest BCUT2D eigenvalue weighted by Gasteiger charge is 2.16. The Labute approximate surface area is 94.9 Å². The number of hydrogen-bond donors (Lipinski definition) is 0. The van der Waals surface area contributed by atoms with Gasteiger partial charge in [-0.2, -0.15) is 4.94 Å². The summed E-state index contributed by atoms with van der Waals surface area (Å²) in [5.41, 5.74) is -0.339. The predicted molar refractivity (Wildman–Crippen MR) is 57.3 cm³/mol. The Bertz CT molecular complexity index is 415. The van der Waals surface area contributed by atoms with Crippen LogP contribution in [0.25, 0.3) is 0 Å². The fourth-order valence-corrected chi connectivity index (χ4v) is 1.23. The quantitative estimate of drug-likeness (QED) is 0.700. The van der Waals surface area contributed by atoms with E-state index >= 15 is 0 Å². The van der Waals surface area contributed by atoms with Crippen LogP contribution in [-0.2, 0) is 9.88 Å². The van der Waals surface area contributed by atoms with Gasteiger partial charge in [0.25, 0.3) is 0 Å². The molecule has 10 nitrogen and oxygen atoms in total. The number of anilines is 3.